The average molecular weight is 485 g/mol. The lowest BCUT2D eigenvalue weighted by Crippen LogP contribution is -2.49. The number of carbonyl (C=O) groups is 1. The molecule has 1 aromatic heterocycles. The van der Waals surface area contributed by atoms with Crippen molar-refractivity contribution < 1.29 is 13.9 Å². The number of ether oxygens (including phenoxy) is 1. The highest BCUT2D eigenvalue weighted by Gasteiger charge is 2.53. The van der Waals surface area contributed by atoms with E-state index in [1.165, 1.54) is 6.07 Å². The number of anilines is 3. The highest BCUT2D eigenvalue weighted by atomic mass is 19.1. The molecule has 0 atom stereocenters. The number of piperidine rings is 1. The van der Waals surface area contributed by atoms with Crippen LogP contribution in [0.3, 0.4) is 0 Å². The lowest BCUT2D eigenvalue weighted by Gasteiger charge is -2.39. The number of nitrogens with zero attached hydrogens (tertiary/aromatic N) is 5. The molecule has 1 N–H and O–H groups in total. The van der Waals surface area contributed by atoms with Crippen molar-refractivity contribution in [3.63, 3.8) is 0 Å². The van der Waals surface area contributed by atoms with Crippen LogP contribution in [-0.2, 0) is 16.6 Å². The van der Waals surface area contributed by atoms with Crippen LogP contribution in [0.15, 0.2) is 16.9 Å². The van der Waals surface area contributed by atoms with Crippen molar-refractivity contribution in [2.45, 2.75) is 31.1 Å². The molecule has 10 heteroatoms. The van der Waals surface area contributed by atoms with Crippen LogP contribution in [-0.4, -0.2) is 81.8 Å². The number of amides is 1. The molecule has 3 aliphatic heterocycles. The third kappa shape index (κ3) is 3.93. The number of rotatable bonds is 5. The van der Waals surface area contributed by atoms with Gasteiger partial charge in [0.2, 0.25) is 11.9 Å². The van der Waals surface area contributed by atoms with Gasteiger partial charge in [0.05, 0.1) is 16.7 Å². The molecule has 0 saturated carbocycles. The van der Waals surface area contributed by atoms with Crippen LogP contribution in [0.1, 0.15) is 30.4 Å². The second-order valence-electron chi connectivity index (χ2n) is 10.1. The maximum Gasteiger partial charge on any atom is 0.257 e. The average Bonchev–Trinajstić information content (AvgIpc) is 3.02. The van der Waals surface area contributed by atoms with E-state index < -0.39 is 11.2 Å². The highest BCUT2D eigenvalue weighted by Crippen LogP contribution is 2.50. The molecule has 0 radical (unpaired) electrons. The highest BCUT2D eigenvalue weighted by molar-refractivity contribution is 6.08. The molecule has 188 valence electrons. The normalized spacial score (nSPS) is 18.9. The van der Waals surface area contributed by atoms with E-state index in [1.54, 1.807) is 18.0 Å². The third-order valence-corrected chi connectivity index (χ3v) is 7.58. The van der Waals surface area contributed by atoms with Gasteiger partial charge in [0.1, 0.15) is 24.0 Å². The number of aromatic nitrogens is 2. The summed E-state index contributed by atoms with van der Waals surface area (Å²) in [7, 11) is 7.54. The van der Waals surface area contributed by atoms with Crippen LogP contribution in [0.5, 0.6) is 5.75 Å². The topological polar surface area (TPSA) is 85.0 Å². The SMILES string of the molecule is CN(C)CCOc1cc(F)c2c(c1)N(C)C(=O)C21CCN(c2nc3c(c(=O)[nH]2)CCCN3C)CC1. The van der Waals surface area contributed by atoms with Gasteiger partial charge in [-0.1, -0.05) is 0 Å². The molecule has 1 spiro atoms. The van der Waals surface area contributed by atoms with E-state index >= 15 is 4.39 Å². The van der Waals surface area contributed by atoms with Gasteiger partial charge in [0, 0.05) is 58.0 Å². The van der Waals surface area contributed by atoms with Gasteiger partial charge in [-0.05, 0) is 39.8 Å². The number of carbonyl (C=O) groups excluding carboxylic acids is 1. The van der Waals surface area contributed by atoms with Gasteiger partial charge in [-0.3, -0.25) is 14.6 Å². The Labute approximate surface area is 204 Å². The molecule has 0 unspecified atom stereocenters. The van der Waals surface area contributed by atoms with Crippen LogP contribution in [0.4, 0.5) is 21.8 Å². The summed E-state index contributed by atoms with van der Waals surface area (Å²) in [5, 5.41) is 0. The predicted octanol–water partition coefficient (Wildman–Crippen LogP) is 1.75. The Morgan fingerprint density at radius 3 is 2.63 bits per heavy atom. The summed E-state index contributed by atoms with van der Waals surface area (Å²) in [6, 6.07) is 3.17. The summed E-state index contributed by atoms with van der Waals surface area (Å²) < 4.78 is 21.2. The summed E-state index contributed by atoms with van der Waals surface area (Å²) in [5.74, 6) is 1.17. The van der Waals surface area contributed by atoms with E-state index in [0.29, 0.717) is 62.0 Å². The summed E-state index contributed by atoms with van der Waals surface area (Å²) in [5.41, 5.74) is 0.731. The maximum absolute atomic E-state index is 15.5. The number of halogens is 1. The van der Waals surface area contributed by atoms with E-state index in [0.717, 1.165) is 30.8 Å². The molecule has 1 fully saturated rings. The van der Waals surface area contributed by atoms with Crippen molar-refractivity contribution in [3.8, 4) is 5.75 Å². The molecular weight excluding hydrogens is 451 g/mol. The fourth-order valence-corrected chi connectivity index (χ4v) is 5.60. The van der Waals surface area contributed by atoms with Gasteiger partial charge >= 0.3 is 0 Å². The zero-order chi connectivity index (χ0) is 24.9. The second kappa shape index (κ2) is 8.82. The van der Waals surface area contributed by atoms with E-state index in [2.05, 4.69) is 4.98 Å². The van der Waals surface area contributed by atoms with Crippen molar-refractivity contribution in [3.05, 3.63) is 39.4 Å². The lowest BCUT2D eigenvalue weighted by atomic mass is 9.73. The Kier molecular flexibility index (Phi) is 5.94. The predicted molar refractivity (Wildman–Crippen MR) is 133 cm³/mol. The third-order valence-electron chi connectivity index (χ3n) is 7.58. The fraction of sp³-hybridized carbons (Fsp3) is 0.560. The molecule has 2 aromatic rings. The van der Waals surface area contributed by atoms with Crippen LogP contribution in [0.2, 0.25) is 0 Å². The number of hydrogen-bond acceptors (Lipinski definition) is 7. The monoisotopic (exact) mass is 484 g/mol. The quantitative estimate of drug-likeness (QED) is 0.692. The fourth-order valence-electron chi connectivity index (χ4n) is 5.60. The minimum absolute atomic E-state index is 0.0943. The van der Waals surface area contributed by atoms with Crippen LogP contribution in [0.25, 0.3) is 0 Å². The molecule has 1 saturated heterocycles. The largest absolute Gasteiger partial charge is 0.492 e. The smallest absolute Gasteiger partial charge is 0.257 e. The number of likely N-dealkylation sites (N-methyl/N-ethyl adjacent to an activating group) is 2. The number of aromatic amines is 1. The van der Waals surface area contributed by atoms with Crippen LogP contribution >= 0.6 is 0 Å². The molecular formula is C25H33FN6O3. The summed E-state index contributed by atoms with van der Waals surface area (Å²) in [6.45, 7) is 2.99. The van der Waals surface area contributed by atoms with Gasteiger partial charge in [0.25, 0.3) is 5.56 Å². The van der Waals surface area contributed by atoms with E-state index in [9.17, 15) is 9.59 Å². The van der Waals surface area contributed by atoms with Gasteiger partial charge < -0.3 is 24.3 Å². The Bertz CT molecular complexity index is 1200. The van der Waals surface area contributed by atoms with Gasteiger partial charge in [-0.15, -0.1) is 0 Å². The van der Waals surface area contributed by atoms with Crippen molar-refractivity contribution in [2.24, 2.45) is 0 Å². The summed E-state index contributed by atoms with van der Waals surface area (Å²) in [6.07, 6.45) is 2.54. The molecule has 1 amide bonds. The van der Waals surface area contributed by atoms with E-state index in [-0.39, 0.29) is 11.5 Å². The minimum Gasteiger partial charge on any atom is -0.492 e. The Morgan fingerprint density at radius 2 is 1.91 bits per heavy atom. The van der Waals surface area contributed by atoms with Crippen molar-refractivity contribution in [1.29, 1.82) is 0 Å². The van der Waals surface area contributed by atoms with E-state index in [4.69, 9.17) is 9.72 Å². The number of fused-ring (bicyclic) bond motifs is 3. The first kappa shape index (κ1) is 23.6. The second-order valence-corrected chi connectivity index (χ2v) is 10.1. The Morgan fingerprint density at radius 1 is 1.17 bits per heavy atom. The minimum atomic E-state index is -0.919. The molecule has 4 heterocycles. The standard InChI is InChI=1S/C25H33FN6O3/c1-29(2)12-13-35-16-14-18(26)20-19(15-16)31(4)23(34)25(20)7-10-32(11-8-25)24-27-21-17(22(33)28-24)6-5-9-30(21)3/h14-15H,5-13H2,1-4H3,(H,27,28,33). The van der Waals surface area contributed by atoms with E-state index in [1.807, 2.05) is 35.8 Å². The van der Waals surface area contributed by atoms with Crippen molar-refractivity contribution in [2.75, 3.05) is 75.7 Å². The Balaban J connectivity index is 1.40. The van der Waals surface area contributed by atoms with Gasteiger partial charge in [0.15, 0.2) is 0 Å². The first-order chi connectivity index (χ1) is 16.7. The molecule has 9 nitrogen and oxygen atoms in total. The molecule has 35 heavy (non-hydrogen) atoms. The number of nitrogens with one attached hydrogen (secondary N) is 1. The summed E-state index contributed by atoms with van der Waals surface area (Å²) in [4.78, 5) is 41.4. The summed E-state index contributed by atoms with van der Waals surface area (Å²) >= 11 is 0. The lowest BCUT2D eigenvalue weighted by molar-refractivity contribution is -0.123. The molecule has 0 bridgehead atoms. The molecule has 5 rings (SSSR count). The zero-order valence-electron chi connectivity index (χ0n) is 20.9. The number of hydrogen-bond donors (Lipinski definition) is 1. The number of H-pyrrole nitrogens is 1. The Hall–Kier alpha value is -3.14. The molecule has 1 aromatic carbocycles. The molecule has 0 aliphatic carbocycles. The number of benzene rings is 1. The van der Waals surface area contributed by atoms with Crippen LogP contribution < -0.4 is 25.0 Å². The van der Waals surface area contributed by atoms with Crippen molar-refractivity contribution >= 4 is 23.4 Å². The van der Waals surface area contributed by atoms with Gasteiger partial charge in [-0.25, -0.2) is 4.39 Å². The van der Waals surface area contributed by atoms with Crippen molar-refractivity contribution in [1.82, 2.24) is 14.9 Å². The van der Waals surface area contributed by atoms with Crippen LogP contribution in [0, 0.1) is 5.82 Å². The first-order valence-electron chi connectivity index (χ1n) is 12.2. The first-order valence-corrected chi connectivity index (χ1v) is 12.2. The zero-order valence-corrected chi connectivity index (χ0v) is 20.9. The van der Waals surface area contributed by atoms with Gasteiger partial charge in [-0.2, -0.15) is 4.98 Å². The maximum atomic E-state index is 15.5. The molecule has 3 aliphatic rings.